The fourth-order valence-electron chi connectivity index (χ4n) is 4.70. The number of hydrogen-bond acceptors (Lipinski definition) is 7. The Kier molecular flexibility index (Phi) is 7.50. The third-order valence-corrected chi connectivity index (χ3v) is 6.77. The predicted molar refractivity (Wildman–Crippen MR) is 132 cm³/mol. The molecule has 1 saturated carbocycles. The summed E-state index contributed by atoms with van der Waals surface area (Å²) < 4.78 is 5.20. The van der Waals surface area contributed by atoms with Gasteiger partial charge < -0.3 is 25.6 Å². The minimum atomic E-state index is -0.459. The van der Waals surface area contributed by atoms with Gasteiger partial charge in [0.1, 0.15) is 11.4 Å². The van der Waals surface area contributed by atoms with Crippen LogP contribution in [-0.2, 0) is 0 Å². The minimum absolute atomic E-state index is 0.0382. The lowest BCUT2D eigenvalue weighted by Gasteiger charge is -2.36. The van der Waals surface area contributed by atoms with Gasteiger partial charge in [-0.3, -0.25) is 19.7 Å². The van der Waals surface area contributed by atoms with Gasteiger partial charge in [0.25, 0.3) is 17.5 Å². The van der Waals surface area contributed by atoms with E-state index in [1.807, 2.05) is 4.90 Å². The van der Waals surface area contributed by atoms with E-state index >= 15 is 0 Å². The monoisotopic (exact) mass is 481 g/mol. The van der Waals surface area contributed by atoms with E-state index in [0.29, 0.717) is 43.2 Å². The summed E-state index contributed by atoms with van der Waals surface area (Å²) in [7, 11) is 1.55. The van der Waals surface area contributed by atoms with Crippen molar-refractivity contribution in [3.05, 3.63) is 63.7 Å². The van der Waals surface area contributed by atoms with Crippen LogP contribution >= 0.6 is 0 Å². The van der Waals surface area contributed by atoms with Crippen LogP contribution in [0.2, 0.25) is 0 Å². The molecule has 2 aromatic rings. The predicted octanol–water partition coefficient (Wildman–Crippen LogP) is 2.57. The van der Waals surface area contributed by atoms with E-state index in [1.165, 1.54) is 6.07 Å². The SMILES string of the molecule is COc1cccc(C(=O)N2CCN(c3ccc(C(=O)NC4CCC(N)CC4)cc3[N+](=O)[O-])CC2)c1. The molecule has 0 radical (unpaired) electrons. The highest BCUT2D eigenvalue weighted by Gasteiger charge is 2.28. The Balaban J connectivity index is 1.42. The molecule has 2 aliphatic rings. The molecule has 1 aliphatic heterocycles. The Morgan fingerprint density at radius 1 is 1.03 bits per heavy atom. The number of nitrogens with zero attached hydrogens (tertiary/aromatic N) is 3. The van der Waals surface area contributed by atoms with Gasteiger partial charge in [0.2, 0.25) is 0 Å². The Morgan fingerprint density at radius 2 is 1.74 bits per heavy atom. The molecule has 35 heavy (non-hydrogen) atoms. The van der Waals surface area contributed by atoms with E-state index in [0.717, 1.165) is 25.7 Å². The molecule has 0 spiro atoms. The second-order valence-corrected chi connectivity index (χ2v) is 9.06. The van der Waals surface area contributed by atoms with E-state index in [-0.39, 0.29) is 35.1 Å². The number of carbonyl (C=O) groups excluding carboxylic acids is 2. The first-order chi connectivity index (χ1) is 16.9. The van der Waals surface area contributed by atoms with Gasteiger partial charge in [-0.15, -0.1) is 0 Å². The topological polar surface area (TPSA) is 131 Å². The first-order valence-electron chi connectivity index (χ1n) is 11.9. The van der Waals surface area contributed by atoms with E-state index in [1.54, 1.807) is 48.4 Å². The maximum Gasteiger partial charge on any atom is 0.293 e. The molecule has 2 fully saturated rings. The zero-order valence-corrected chi connectivity index (χ0v) is 19.8. The van der Waals surface area contributed by atoms with Crippen LogP contribution in [-0.4, -0.2) is 67.0 Å². The second-order valence-electron chi connectivity index (χ2n) is 9.06. The number of carbonyl (C=O) groups is 2. The maximum absolute atomic E-state index is 12.9. The van der Waals surface area contributed by atoms with Crippen LogP contribution in [0.3, 0.4) is 0 Å². The van der Waals surface area contributed by atoms with E-state index in [4.69, 9.17) is 10.5 Å². The Morgan fingerprint density at radius 3 is 2.40 bits per heavy atom. The fourth-order valence-corrected chi connectivity index (χ4v) is 4.70. The summed E-state index contributed by atoms with van der Waals surface area (Å²) in [4.78, 5) is 40.6. The summed E-state index contributed by atoms with van der Waals surface area (Å²) in [5, 5.41) is 14.8. The van der Waals surface area contributed by atoms with Gasteiger partial charge in [-0.25, -0.2) is 0 Å². The van der Waals surface area contributed by atoms with E-state index in [2.05, 4.69) is 5.32 Å². The number of piperazine rings is 1. The first-order valence-corrected chi connectivity index (χ1v) is 11.9. The molecule has 4 rings (SSSR count). The van der Waals surface area contributed by atoms with Gasteiger partial charge in [0.05, 0.1) is 12.0 Å². The summed E-state index contributed by atoms with van der Waals surface area (Å²) in [5.74, 6) is 0.198. The van der Waals surface area contributed by atoms with Crippen molar-refractivity contribution in [1.82, 2.24) is 10.2 Å². The normalized spacial score (nSPS) is 20.3. The Bertz CT molecular complexity index is 1090. The number of anilines is 1. The van der Waals surface area contributed by atoms with Gasteiger partial charge in [0.15, 0.2) is 0 Å². The summed E-state index contributed by atoms with van der Waals surface area (Å²) >= 11 is 0. The average Bonchev–Trinajstić information content (AvgIpc) is 2.89. The number of nitro groups is 1. The number of ether oxygens (including phenoxy) is 1. The molecular weight excluding hydrogens is 450 g/mol. The molecule has 186 valence electrons. The highest BCUT2D eigenvalue weighted by molar-refractivity contribution is 5.96. The summed E-state index contributed by atoms with van der Waals surface area (Å²) in [6.07, 6.45) is 3.34. The van der Waals surface area contributed by atoms with Crippen molar-refractivity contribution in [2.24, 2.45) is 5.73 Å². The highest BCUT2D eigenvalue weighted by atomic mass is 16.6. The quantitative estimate of drug-likeness (QED) is 0.479. The van der Waals surface area contributed by atoms with Crippen LogP contribution < -0.4 is 20.7 Å². The van der Waals surface area contributed by atoms with Gasteiger partial charge in [-0.2, -0.15) is 0 Å². The number of amides is 2. The molecule has 2 aromatic carbocycles. The van der Waals surface area contributed by atoms with Crippen molar-refractivity contribution in [3.63, 3.8) is 0 Å². The molecule has 3 N–H and O–H groups in total. The molecule has 10 heteroatoms. The molecule has 1 aliphatic carbocycles. The molecule has 0 unspecified atom stereocenters. The van der Waals surface area contributed by atoms with Crippen LogP contribution in [0.4, 0.5) is 11.4 Å². The largest absolute Gasteiger partial charge is 0.497 e. The smallest absolute Gasteiger partial charge is 0.293 e. The Labute approximate surface area is 204 Å². The van der Waals surface area contributed by atoms with Gasteiger partial charge in [-0.1, -0.05) is 6.07 Å². The summed E-state index contributed by atoms with van der Waals surface area (Å²) in [6, 6.07) is 11.8. The maximum atomic E-state index is 12.9. The number of benzene rings is 2. The molecule has 1 heterocycles. The standard InChI is InChI=1S/C25H31N5O5/c1-35-21-4-2-3-18(15-21)25(32)29-13-11-28(12-14-29)22-10-5-17(16-23(22)30(33)34)24(31)27-20-8-6-19(26)7-9-20/h2-5,10,15-16,19-20H,6-9,11-14,26H2,1H3,(H,27,31). The number of hydrogen-bond donors (Lipinski definition) is 2. The third kappa shape index (κ3) is 5.71. The van der Waals surface area contributed by atoms with Crippen molar-refractivity contribution >= 4 is 23.2 Å². The zero-order valence-electron chi connectivity index (χ0n) is 19.8. The average molecular weight is 482 g/mol. The lowest BCUT2D eigenvalue weighted by molar-refractivity contribution is -0.384. The number of nitro benzene ring substituents is 1. The van der Waals surface area contributed by atoms with E-state index in [9.17, 15) is 19.7 Å². The minimum Gasteiger partial charge on any atom is -0.497 e. The fraction of sp³-hybridized carbons (Fsp3) is 0.440. The number of methoxy groups -OCH3 is 1. The second kappa shape index (κ2) is 10.7. The van der Waals surface area contributed by atoms with Crippen LogP contribution in [0.15, 0.2) is 42.5 Å². The van der Waals surface area contributed by atoms with E-state index < -0.39 is 4.92 Å². The molecule has 0 bridgehead atoms. The molecule has 10 nitrogen and oxygen atoms in total. The summed E-state index contributed by atoms with van der Waals surface area (Å²) in [5.41, 5.74) is 7.07. The van der Waals surface area contributed by atoms with Crippen molar-refractivity contribution < 1.29 is 19.2 Å². The van der Waals surface area contributed by atoms with Crippen LogP contribution in [0, 0.1) is 10.1 Å². The first kappa shape index (κ1) is 24.5. The van der Waals surface area contributed by atoms with Gasteiger partial charge in [-0.05, 0) is 56.0 Å². The zero-order chi connectivity index (χ0) is 24.9. The van der Waals surface area contributed by atoms with Gasteiger partial charge in [0, 0.05) is 55.5 Å². The Hall–Kier alpha value is -3.66. The number of rotatable bonds is 6. The lowest BCUT2D eigenvalue weighted by Crippen LogP contribution is -2.49. The third-order valence-electron chi connectivity index (χ3n) is 6.77. The molecule has 2 amide bonds. The van der Waals surface area contributed by atoms with Crippen molar-refractivity contribution in [2.45, 2.75) is 37.8 Å². The molecule has 1 saturated heterocycles. The number of nitrogens with two attached hydrogens (primary N) is 1. The van der Waals surface area contributed by atoms with Crippen molar-refractivity contribution in [3.8, 4) is 5.75 Å². The molecular formula is C25H31N5O5. The number of nitrogens with one attached hydrogen (secondary N) is 1. The van der Waals surface area contributed by atoms with Crippen molar-refractivity contribution in [2.75, 3.05) is 38.2 Å². The highest BCUT2D eigenvalue weighted by Crippen LogP contribution is 2.31. The molecule has 0 atom stereocenters. The summed E-state index contributed by atoms with van der Waals surface area (Å²) in [6.45, 7) is 1.76. The lowest BCUT2D eigenvalue weighted by atomic mass is 9.91. The van der Waals surface area contributed by atoms with Crippen LogP contribution in [0.25, 0.3) is 0 Å². The van der Waals surface area contributed by atoms with Crippen LogP contribution in [0.1, 0.15) is 46.4 Å². The van der Waals surface area contributed by atoms with Crippen molar-refractivity contribution in [1.29, 1.82) is 0 Å². The van der Waals surface area contributed by atoms with Crippen LogP contribution in [0.5, 0.6) is 5.75 Å². The van der Waals surface area contributed by atoms with Gasteiger partial charge >= 0.3 is 0 Å². The molecule has 0 aromatic heterocycles.